The molecule has 0 aliphatic heterocycles. The first-order valence-electron chi connectivity index (χ1n) is 6.26. The van der Waals surface area contributed by atoms with Crippen LogP contribution in [-0.4, -0.2) is 43.1 Å². The Kier molecular flexibility index (Phi) is 6.42. The molecular formula is C14H20N2O2S. The summed E-state index contributed by atoms with van der Waals surface area (Å²) in [5, 5.41) is 2.85. The number of carbonyl (C=O) groups excluding carboxylic acids is 2. The molecule has 0 unspecified atom stereocenters. The molecule has 0 aliphatic rings. The minimum absolute atomic E-state index is 0.0359. The first-order chi connectivity index (χ1) is 9.06. The second-order valence-electron chi connectivity index (χ2n) is 4.33. The zero-order valence-corrected chi connectivity index (χ0v) is 12.4. The Hall–Kier alpha value is -1.49. The maximum Gasteiger partial charge on any atom is 0.252 e. The lowest BCUT2D eigenvalue weighted by atomic mass is 10.2. The van der Waals surface area contributed by atoms with Gasteiger partial charge in [-0.05, 0) is 18.6 Å². The summed E-state index contributed by atoms with van der Waals surface area (Å²) in [7, 11) is 3.45. The van der Waals surface area contributed by atoms with Gasteiger partial charge in [-0.25, -0.2) is 0 Å². The van der Waals surface area contributed by atoms with Crippen molar-refractivity contribution in [2.45, 2.75) is 18.2 Å². The van der Waals surface area contributed by atoms with Crippen molar-refractivity contribution in [1.82, 2.24) is 10.2 Å². The molecule has 0 aromatic heterocycles. The lowest BCUT2D eigenvalue weighted by Crippen LogP contribution is -2.25. The minimum Gasteiger partial charge on any atom is -0.352 e. The number of rotatable bonds is 6. The highest BCUT2D eigenvalue weighted by Gasteiger charge is 2.12. The molecule has 0 heterocycles. The Morgan fingerprint density at radius 3 is 2.58 bits per heavy atom. The van der Waals surface area contributed by atoms with E-state index < -0.39 is 0 Å². The van der Waals surface area contributed by atoms with E-state index in [0.29, 0.717) is 17.9 Å². The van der Waals surface area contributed by atoms with Gasteiger partial charge in [-0.2, -0.15) is 0 Å². The Morgan fingerprint density at radius 2 is 1.95 bits per heavy atom. The zero-order chi connectivity index (χ0) is 14.3. The van der Waals surface area contributed by atoms with Crippen molar-refractivity contribution in [2.75, 3.05) is 26.4 Å². The van der Waals surface area contributed by atoms with Crippen LogP contribution in [0, 0.1) is 0 Å². The topological polar surface area (TPSA) is 49.4 Å². The van der Waals surface area contributed by atoms with E-state index in [2.05, 4.69) is 5.32 Å². The Labute approximate surface area is 118 Å². The molecular weight excluding hydrogens is 260 g/mol. The van der Waals surface area contributed by atoms with Gasteiger partial charge in [0.15, 0.2) is 0 Å². The molecule has 0 radical (unpaired) electrons. The van der Waals surface area contributed by atoms with Gasteiger partial charge in [0.2, 0.25) is 5.91 Å². The molecule has 0 fully saturated rings. The first kappa shape index (κ1) is 15.6. The van der Waals surface area contributed by atoms with E-state index >= 15 is 0 Å². The molecule has 0 spiro atoms. The van der Waals surface area contributed by atoms with Crippen LogP contribution >= 0.6 is 11.8 Å². The van der Waals surface area contributed by atoms with E-state index in [1.54, 1.807) is 25.1 Å². The van der Waals surface area contributed by atoms with E-state index in [0.717, 1.165) is 11.3 Å². The number of hydrogen-bond acceptors (Lipinski definition) is 3. The molecule has 0 bridgehead atoms. The van der Waals surface area contributed by atoms with Crippen LogP contribution in [0.25, 0.3) is 0 Å². The van der Waals surface area contributed by atoms with Crippen LogP contribution in [0.3, 0.4) is 0 Å². The number of amides is 2. The smallest absolute Gasteiger partial charge is 0.252 e. The number of hydrogen-bond donors (Lipinski definition) is 1. The van der Waals surface area contributed by atoms with Gasteiger partial charge in [-0.1, -0.05) is 19.1 Å². The first-order valence-corrected chi connectivity index (χ1v) is 7.25. The highest BCUT2D eigenvalue weighted by molar-refractivity contribution is 8.00. The second kappa shape index (κ2) is 7.84. The molecule has 0 aliphatic carbocycles. The molecule has 0 saturated carbocycles. The summed E-state index contributed by atoms with van der Waals surface area (Å²) in [5.74, 6) is 0.293. The van der Waals surface area contributed by atoms with Gasteiger partial charge in [0.1, 0.15) is 0 Å². The van der Waals surface area contributed by atoms with Crippen LogP contribution in [0.4, 0.5) is 0 Å². The van der Waals surface area contributed by atoms with Gasteiger partial charge < -0.3 is 10.2 Å². The average molecular weight is 280 g/mol. The summed E-state index contributed by atoms with van der Waals surface area (Å²) in [6.07, 6.45) is 0.903. The third kappa shape index (κ3) is 4.95. The van der Waals surface area contributed by atoms with Crippen LogP contribution in [0.15, 0.2) is 29.2 Å². The average Bonchev–Trinajstić information content (AvgIpc) is 2.42. The van der Waals surface area contributed by atoms with Gasteiger partial charge in [-0.3, -0.25) is 9.59 Å². The van der Waals surface area contributed by atoms with Crippen molar-refractivity contribution >= 4 is 23.6 Å². The van der Waals surface area contributed by atoms with Gasteiger partial charge in [0, 0.05) is 25.5 Å². The number of nitrogens with one attached hydrogen (secondary N) is 1. The fourth-order valence-electron chi connectivity index (χ4n) is 1.38. The van der Waals surface area contributed by atoms with E-state index in [-0.39, 0.29) is 11.8 Å². The number of nitrogens with zero attached hydrogens (tertiary/aromatic N) is 1. The third-order valence-corrected chi connectivity index (χ3v) is 3.58. The second-order valence-corrected chi connectivity index (χ2v) is 5.35. The van der Waals surface area contributed by atoms with Crippen LogP contribution in [0.5, 0.6) is 0 Å². The van der Waals surface area contributed by atoms with Crippen LogP contribution < -0.4 is 5.32 Å². The standard InChI is InChI=1S/C14H20N2O2S/c1-4-9-15-14(18)11-7-5-6-8-12(11)19-10-13(17)16(2)3/h5-8H,4,9-10H2,1-3H3,(H,15,18). The number of thioether (sulfide) groups is 1. The monoisotopic (exact) mass is 280 g/mol. The van der Waals surface area contributed by atoms with Crippen LogP contribution in [0.2, 0.25) is 0 Å². The van der Waals surface area contributed by atoms with E-state index in [1.807, 2.05) is 25.1 Å². The fourth-order valence-corrected chi connectivity index (χ4v) is 2.41. The highest BCUT2D eigenvalue weighted by Crippen LogP contribution is 2.22. The molecule has 1 aromatic carbocycles. The van der Waals surface area contributed by atoms with Crippen molar-refractivity contribution in [2.24, 2.45) is 0 Å². The van der Waals surface area contributed by atoms with Crippen molar-refractivity contribution in [1.29, 1.82) is 0 Å². The largest absolute Gasteiger partial charge is 0.352 e. The van der Waals surface area contributed by atoms with Crippen molar-refractivity contribution in [3.63, 3.8) is 0 Å². The maximum absolute atomic E-state index is 12.0. The lowest BCUT2D eigenvalue weighted by molar-refractivity contribution is -0.125. The van der Waals surface area contributed by atoms with Gasteiger partial charge in [0.25, 0.3) is 5.91 Å². The normalized spacial score (nSPS) is 10.1. The molecule has 4 nitrogen and oxygen atoms in total. The summed E-state index contributed by atoms with van der Waals surface area (Å²) in [6, 6.07) is 7.36. The summed E-state index contributed by atoms with van der Waals surface area (Å²) in [5.41, 5.74) is 0.632. The highest BCUT2D eigenvalue weighted by atomic mass is 32.2. The molecule has 1 aromatic rings. The Bertz CT molecular complexity index is 447. The van der Waals surface area contributed by atoms with Gasteiger partial charge >= 0.3 is 0 Å². The maximum atomic E-state index is 12.0. The summed E-state index contributed by atoms with van der Waals surface area (Å²) >= 11 is 1.39. The molecule has 0 atom stereocenters. The lowest BCUT2D eigenvalue weighted by Gasteiger charge is -2.12. The fraction of sp³-hybridized carbons (Fsp3) is 0.429. The number of carbonyl (C=O) groups is 2. The van der Waals surface area contributed by atoms with Gasteiger partial charge in [0.05, 0.1) is 11.3 Å². The minimum atomic E-state index is -0.0812. The predicted molar refractivity (Wildman–Crippen MR) is 78.5 cm³/mol. The zero-order valence-electron chi connectivity index (χ0n) is 11.6. The summed E-state index contributed by atoms with van der Waals surface area (Å²) in [4.78, 5) is 25.9. The molecule has 2 amide bonds. The van der Waals surface area contributed by atoms with E-state index in [1.165, 1.54) is 11.8 Å². The third-order valence-electron chi connectivity index (χ3n) is 2.52. The van der Waals surface area contributed by atoms with Crippen LogP contribution in [0.1, 0.15) is 23.7 Å². The molecule has 19 heavy (non-hydrogen) atoms. The SMILES string of the molecule is CCCNC(=O)c1ccccc1SCC(=O)N(C)C. The Morgan fingerprint density at radius 1 is 1.26 bits per heavy atom. The van der Waals surface area contributed by atoms with E-state index in [4.69, 9.17) is 0 Å². The molecule has 5 heteroatoms. The summed E-state index contributed by atoms with van der Waals surface area (Å²) in [6.45, 7) is 2.67. The summed E-state index contributed by atoms with van der Waals surface area (Å²) < 4.78 is 0. The van der Waals surface area contributed by atoms with Gasteiger partial charge in [-0.15, -0.1) is 11.8 Å². The van der Waals surface area contributed by atoms with Crippen molar-refractivity contribution in [3.05, 3.63) is 29.8 Å². The van der Waals surface area contributed by atoms with E-state index in [9.17, 15) is 9.59 Å². The van der Waals surface area contributed by atoms with Crippen LogP contribution in [-0.2, 0) is 4.79 Å². The molecule has 1 N–H and O–H groups in total. The predicted octanol–water partition coefficient (Wildman–Crippen LogP) is 2.01. The van der Waals surface area contributed by atoms with Crippen molar-refractivity contribution in [3.8, 4) is 0 Å². The molecule has 0 saturated heterocycles. The quantitative estimate of drug-likeness (QED) is 0.811. The Balaban J connectivity index is 2.73. The molecule has 104 valence electrons. The van der Waals surface area contributed by atoms with Crippen molar-refractivity contribution < 1.29 is 9.59 Å². The molecule has 1 rings (SSSR count). The number of benzene rings is 1.